The molecule has 328 valence electrons. The summed E-state index contributed by atoms with van der Waals surface area (Å²) < 4.78 is 36.3. The molecule has 2 amide bonds. The summed E-state index contributed by atoms with van der Waals surface area (Å²) in [5, 5.41) is 3.26. The van der Waals surface area contributed by atoms with Crippen LogP contribution in [0.5, 0.6) is 17.2 Å². The summed E-state index contributed by atoms with van der Waals surface area (Å²) in [5.74, 6) is -0.261. The molecule has 5 atom stereocenters. The Kier molecular flexibility index (Phi) is 17.7. The number of nitrogens with two attached hydrogens (primary N) is 2. The van der Waals surface area contributed by atoms with Crippen LogP contribution in [0.4, 0.5) is 5.69 Å². The van der Waals surface area contributed by atoms with Crippen molar-refractivity contribution in [3.05, 3.63) is 82.9 Å². The summed E-state index contributed by atoms with van der Waals surface area (Å²) in [6, 6.07) is 19.2. The zero-order valence-corrected chi connectivity index (χ0v) is 36.2. The van der Waals surface area contributed by atoms with Crippen LogP contribution in [0.15, 0.2) is 66.7 Å². The second-order valence-corrected chi connectivity index (χ2v) is 16.3. The highest BCUT2D eigenvalue weighted by Crippen LogP contribution is 2.37. The molecule has 3 aromatic rings. The van der Waals surface area contributed by atoms with Crippen LogP contribution >= 0.6 is 11.6 Å². The monoisotopic (exact) mass is 851 g/mol. The number of benzene rings is 3. The number of carbonyl (C=O) groups excluding carboxylic acids is 3. The van der Waals surface area contributed by atoms with E-state index in [4.69, 9.17) is 51.5 Å². The number of rotatable bonds is 21. The third-order valence-corrected chi connectivity index (χ3v) is 11.1. The number of hydrogen-bond donors (Lipinski definition) is 3. The maximum atomic E-state index is 14.0. The highest BCUT2D eigenvalue weighted by Gasteiger charge is 2.44. The lowest BCUT2D eigenvalue weighted by Crippen LogP contribution is -2.59. The third-order valence-electron chi connectivity index (χ3n) is 10.7. The van der Waals surface area contributed by atoms with Gasteiger partial charge in [-0.1, -0.05) is 69.6 Å². The smallest absolute Gasteiger partial charge is 0.329 e. The molecule has 14 nitrogen and oxygen atoms in total. The van der Waals surface area contributed by atoms with Crippen LogP contribution in [0.25, 0.3) is 0 Å². The number of esters is 1. The van der Waals surface area contributed by atoms with Gasteiger partial charge in [-0.3, -0.25) is 9.59 Å². The maximum Gasteiger partial charge on any atom is 0.329 e. The molecule has 0 bridgehead atoms. The number of hydrogen-bond acceptors (Lipinski definition) is 12. The van der Waals surface area contributed by atoms with E-state index in [1.54, 1.807) is 18.1 Å². The Morgan fingerprint density at radius 2 is 1.65 bits per heavy atom. The average Bonchev–Trinajstić information content (AvgIpc) is 3.24. The Bertz CT molecular complexity index is 1850. The van der Waals surface area contributed by atoms with E-state index in [2.05, 4.69) is 16.3 Å². The number of ether oxygens (including phenoxy) is 6. The van der Waals surface area contributed by atoms with E-state index >= 15 is 0 Å². The Hall–Kier alpha value is -4.60. The van der Waals surface area contributed by atoms with E-state index in [9.17, 15) is 14.4 Å². The van der Waals surface area contributed by atoms with Crippen molar-refractivity contribution in [2.24, 2.45) is 23.3 Å². The number of likely N-dealkylation sites (tertiary alicyclic amines) is 1. The summed E-state index contributed by atoms with van der Waals surface area (Å²) in [4.78, 5) is 44.2. The Balaban J connectivity index is 1.41. The van der Waals surface area contributed by atoms with Gasteiger partial charge in [-0.2, -0.15) is 0 Å². The third kappa shape index (κ3) is 12.7. The summed E-state index contributed by atoms with van der Waals surface area (Å²) in [6.45, 7) is 11.3. The molecule has 0 radical (unpaired) electrons. The molecular formula is C45H62ClN5O9. The lowest BCUT2D eigenvalue weighted by molar-refractivity contribution is -0.167. The summed E-state index contributed by atoms with van der Waals surface area (Å²) in [6.07, 6.45) is 0.00845. The van der Waals surface area contributed by atoms with Gasteiger partial charge in [0.1, 0.15) is 36.0 Å². The first-order chi connectivity index (χ1) is 28.9. The number of anilines is 1. The molecule has 15 heteroatoms. The molecule has 2 heterocycles. The number of piperidine rings is 1. The first-order valence-electron chi connectivity index (χ1n) is 20.9. The van der Waals surface area contributed by atoms with Crippen LogP contribution in [0, 0.1) is 11.8 Å². The fraction of sp³-hybridized carbons (Fsp3) is 0.533. The largest absolute Gasteiger partial charge is 0.493 e. The lowest BCUT2D eigenvalue weighted by Gasteiger charge is -2.44. The SMILES string of the molecule is COCCCN1CCOc2ccc(CO[C@H]3CN(C(=O)[C@@H](N)C(C)C)C[C@@H](OC(=O)[C@@H](NC(=O)CN)C(C)C)[C@@H]3c3ccc(OCCCOc4ccccc4Cl)cc3)cc21. The van der Waals surface area contributed by atoms with Crippen LogP contribution in [-0.4, -0.2) is 113 Å². The van der Waals surface area contributed by atoms with E-state index in [0.717, 1.165) is 42.1 Å². The molecular weight excluding hydrogens is 790 g/mol. The number of halogens is 1. The van der Waals surface area contributed by atoms with Gasteiger partial charge in [0.2, 0.25) is 11.8 Å². The van der Waals surface area contributed by atoms with Gasteiger partial charge in [0.05, 0.1) is 68.2 Å². The van der Waals surface area contributed by atoms with Gasteiger partial charge in [-0.05, 0) is 65.8 Å². The van der Waals surface area contributed by atoms with Crippen molar-refractivity contribution in [2.75, 3.05) is 71.2 Å². The van der Waals surface area contributed by atoms with Gasteiger partial charge in [0.15, 0.2) is 0 Å². The molecule has 1 fully saturated rings. The van der Waals surface area contributed by atoms with Gasteiger partial charge < -0.3 is 55.0 Å². The molecule has 0 aromatic heterocycles. The zero-order chi connectivity index (χ0) is 43.2. The normalized spacial score (nSPS) is 18.7. The second-order valence-electron chi connectivity index (χ2n) is 15.9. The minimum Gasteiger partial charge on any atom is -0.493 e. The number of para-hydroxylation sites is 1. The van der Waals surface area contributed by atoms with E-state index in [-0.39, 0.29) is 44.0 Å². The van der Waals surface area contributed by atoms with E-state index < -0.39 is 42.1 Å². The molecule has 2 aliphatic heterocycles. The van der Waals surface area contributed by atoms with Crippen molar-refractivity contribution in [1.29, 1.82) is 0 Å². The van der Waals surface area contributed by atoms with Crippen molar-refractivity contribution >= 4 is 35.1 Å². The molecule has 0 saturated carbocycles. The maximum absolute atomic E-state index is 14.0. The first kappa shape index (κ1) is 46.5. The molecule has 0 spiro atoms. The van der Waals surface area contributed by atoms with E-state index in [1.807, 2.05) is 82.3 Å². The van der Waals surface area contributed by atoms with Crippen LogP contribution in [0.3, 0.4) is 0 Å². The Morgan fingerprint density at radius 1 is 0.917 bits per heavy atom. The molecule has 0 aliphatic carbocycles. The standard InChI is InChI=1S/C45H62ClN5O9/c1-29(2)42(48)44(53)51-26-38(59-28-31-12-17-37-35(24-31)50(19-23-58-37)18-8-20-55-5)41(39(27-51)60-45(54)43(30(3)4)49-40(52)25-47)32-13-15-33(16-14-32)56-21-9-22-57-36-11-7-6-10-34(36)46/h6-7,10-17,24,29-30,38-39,41-43H,8-9,18-23,25-28,47-48H2,1-5H3,(H,49,52)/t38-,39+,41+,42-,43-/m0/s1. The highest BCUT2D eigenvalue weighted by atomic mass is 35.5. The van der Waals surface area contributed by atoms with Crippen LogP contribution in [0.2, 0.25) is 5.02 Å². The molecule has 60 heavy (non-hydrogen) atoms. The lowest BCUT2D eigenvalue weighted by atomic mass is 9.83. The molecule has 5 rings (SSSR count). The molecule has 3 aromatic carbocycles. The Morgan fingerprint density at radius 3 is 2.35 bits per heavy atom. The van der Waals surface area contributed by atoms with Gasteiger partial charge in [-0.15, -0.1) is 0 Å². The second kappa shape index (κ2) is 22.8. The van der Waals surface area contributed by atoms with Crippen molar-refractivity contribution in [3.63, 3.8) is 0 Å². The van der Waals surface area contributed by atoms with Crippen molar-refractivity contribution < 1.29 is 42.8 Å². The van der Waals surface area contributed by atoms with E-state index in [1.165, 1.54) is 0 Å². The number of methoxy groups -OCH3 is 1. The van der Waals surface area contributed by atoms with Crippen LogP contribution < -0.4 is 35.9 Å². The average molecular weight is 852 g/mol. The molecule has 1 saturated heterocycles. The predicted octanol–water partition coefficient (Wildman–Crippen LogP) is 4.93. The van der Waals surface area contributed by atoms with Gasteiger partial charge in [0, 0.05) is 33.2 Å². The molecule has 5 N–H and O–H groups in total. The fourth-order valence-electron chi connectivity index (χ4n) is 7.32. The fourth-order valence-corrected chi connectivity index (χ4v) is 7.51. The topological polar surface area (TPSA) is 177 Å². The first-order valence-corrected chi connectivity index (χ1v) is 21.2. The van der Waals surface area contributed by atoms with Crippen LogP contribution in [-0.2, 0) is 35.2 Å². The summed E-state index contributed by atoms with van der Waals surface area (Å²) in [5.41, 5.74) is 14.7. The zero-order valence-electron chi connectivity index (χ0n) is 35.5. The number of amides is 2. The van der Waals surface area contributed by atoms with Crippen molar-refractivity contribution in [3.8, 4) is 17.2 Å². The van der Waals surface area contributed by atoms with Crippen molar-refractivity contribution in [1.82, 2.24) is 10.2 Å². The van der Waals surface area contributed by atoms with Crippen LogP contribution in [0.1, 0.15) is 57.6 Å². The predicted molar refractivity (Wildman–Crippen MR) is 231 cm³/mol. The minimum absolute atomic E-state index is 0.0709. The van der Waals surface area contributed by atoms with Gasteiger partial charge >= 0.3 is 5.97 Å². The van der Waals surface area contributed by atoms with Crippen molar-refractivity contribution in [2.45, 2.75) is 77.4 Å². The Labute approximate surface area is 359 Å². The quantitative estimate of drug-likeness (QED) is 0.0975. The molecule has 0 unspecified atom stereocenters. The number of nitrogens with zero attached hydrogens (tertiary/aromatic N) is 2. The number of carbonyl (C=O) groups is 3. The number of fused-ring (bicyclic) bond motifs is 1. The van der Waals surface area contributed by atoms with E-state index in [0.29, 0.717) is 49.4 Å². The number of nitrogens with one attached hydrogen (secondary N) is 1. The minimum atomic E-state index is -0.965. The molecule has 2 aliphatic rings. The highest BCUT2D eigenvalue weighted by molar-refractivity contribution is 6.32. The summed E-state index contributed by atoms with van der Waals surface area (Å²) in [7, 11) is 1.70. The summed E-state index contributed by atoms with van der Waals surface area (Å²) >= 11 is 6.22. The van der Waals surface area contributed by atoms with Gasteiger partial charge in [-0.25, -0.2) is 4.79 Å². The van der Waals surface area contributed by atoms with Gasteiger partial charge in [0.25, 0.3) is 0 Å².